The van der Waals surface area contributed by atoms with E-state index in [1.165, 1.54) is 0 Å². The maximum atomic E-state index is 9.40. The van der Waals surface area contributed by atoms with E-state index < -0.39 is 20.6 Å². The average Bonchev–Trinajstić information content (AvgIpc) is 1.14. The van der Waals surface area contributed by atoms with Gasteiger partial charge in [-0.15, -0.1) is 4.13 Å². The van der Waals surface area contributed by atoms with Gasteiger partial charge < -0.3 is 15.3 Å². The summed E-state index contributed by atoms with van der Waals surface area (Å²) in [5, 5.41) is 0. The standard InChI is InChI=1S/H3NO6S2.H3N/c2-8(3,4)1-9(5,6)7;/h1H,(H,2,3,4)(H,5,6,7);1H3/p-1. The van der Waals surface area contributed by atoms with Crippen LogP contribution in [0.5, 0.6) is 0 Å². The maximum Gasteiger partial charge on any atom is 0.171 e. The van der Waals surface area contributed by atoms with Gasteiger partial charge in [0.15, 0.2) is 20.6 Å². The third kappa shape index (κ3) is 10.7. The van der Waals surface area contributed by atoms with Gasteiger partial charge in [0.2, 0.25) is 0 Å². The fourth-order valence-corrected chi connectivity index (χ4v) is 1.12. The van der Waals surface area contributed by atoms with Crippen LogP contribution in [0.15, 0.2) is 0 Å². The second-order valence-corrected chi connectivity index (χ2v) is 3.47. The number of rotatable bonds is 2. The minimum atomic E-state index is -5.18. The highest BCUT2D eigenvalue weighted by molar-refractivity contribution is 7.99. The molecule has 0 aromatic rings. The molecule has 5 N–H and O–H groups in total. The zero-order chi connectivity index (χ0) is 7.71. The smallest absolute Gasteiger partial charge is 0.171 e. The van der Waals surface area contributed by atoms with E-state index in [1.807, 2.05) is 0 Å². The monoisotopic (exact) mass is 193 g/mol. The highest BCUT2D eigenvalue weighted by Gasteiger charge is 1.96. The second-order valence-electron chi connectivity index (χ2n) is 0.992. The molecule has 0 saturated carbocycles. The van der Waals surface area contributed by atoms with Crippen LogP contribution in [0.4, 0.5) is 0 Å². The quantitative estimate of drug-likeness (QED) is 0.475. The molecule has 0 aliphatic carbocycles. The molecule has 0 saturated heterocycles. The van der Waals surface area contributed by atoms with Crippen molar-refractivity contribution in [3.05, 3.63) is 0 Å². The minimum absolute atomic E-state index is 0. The largest absolute Gasteiger partial charge is 0.735 e. The topological polar surface area (TPSA) is 163 Å². The SMILES string of the molecule is O=S(=O)([O-])NS(=O)(=O)[O-].[NH4+]. The van der Waals surface area contributed by atoms with Gasteiger partial charge in [-0.3, -0.25) is 0 Å². The summed E-state index contributed by atoms with van der Waals surface area (Å²) in [6.07, 6.45) is 0. The third-order valence-electron chi connectivity index (χ3n) is 0.204. The van der Waals surface area contributed by atoms with Crippen LogP contribution >= 0.6 is 0 Å². The van der Waals surface area contributed by atoms with E-state index in [4.69, 9.17) is 0 Å². The summed E-state index contributed by atoms with van der Waals surface area (Å²) in [7, 11) is -10.4. The van der Waals surface area contributed by atoms with E-state index in [2.05, 4.69) is 0 Å². The Morgan fingerprint density at radius 2 is 1.10 bits per heavy atom. The molecule has 0 atom stereocenters. The Morgan fingerprint density at radius 3 is 1.10 bits per heavy atom. The first-order valence-corrected chi connectivity index (χ1v) is 4.22. The van der Waals surface area contributed by atoms with E-state index in [-0.39, 0.29) is 6.15 Å². The van der Waals surface area contributed by atoms with Gasteiger partial charge in [-0.2, -0.15) is 0 Å². The molecule has 0 spiro atoms. The van der Waals surface area contributed by atoms with Gasteiger partial charge in [-0.1, -0.05) is 0 Å². The lowest BCUT2D eigenvalue weighted by molar-refractivity contribution is 0.436. The summed E-state index contributed by atoms with van der Waals surface area (Å²) < 4.78 is 56.7. The third-order valence-corrected chi connectivity index (χ3v) is 1.84. The van der Waals surface area contributed by atoms with Gasteiger partial charge in [-0.25, -0.2) is 16.8 Å². The second kappa shape index (κ2) is 3.23. The van der Waals surface area contributed by atoms with Crippen LogP contribution in [0.3, 0.4) is 0 Å². The Balaban J connectivity index is 0. The van der Waals surface area contributed by atoms with E-state index >= 15 is 0 Å². The molecule has 0 aromatic carbocycles. The molecule has 8 nitrogen and oxygen atoms in total. The van der Waals surface area contributed by atoms with Crippen molar-refractivity contribution >= 4 is 20.6 Å². The van der Waals surface area contributed by atoms with E-state index in [0.717, 1.165) is 0 Å². The Kier molecular flexibility index (Phi) is 4.01. The van der Waals surface area contributed by atoms with Crippen molar-refractivity contribution in [2.75, 3.05) is 0 Å². The molecule has 0 bridgehead atoms. The summed E-state index contributed by atoms with van der Waals surface area (Å²) >= 11 is 0. The molecule has 0 heterocycles. The van der Waals surface area contributed by atoms with Crippen molar-refractivity contribution in [3.8, 4) is 0 Å². The molecule has 0 unspecified atom stereocenters. The first-order chi connectivity index (χ1) is 3.71. The number of hydrogen-bond donors (Lipinski definition) is 2. The van der Waals surface area contributed by atoms with Crippen LogP contribution in [0.25, 0.3) is 0 Å². The summed E-state index contributed by atoms with van der Waals surface area (Å²) in [6.45, 7) is 0. The fourth-order valence-electron chi connectivity index (χ4n) is 0.125. The zero-order valence-corrected chi connectivity index (χ0v) is 6.40. The summed E-state index contributed by atoms with van der Waals surface area (Å²) in [5.74, 6) is 0. The maximum absolute atomic E-state index is 9.40. The Morgan fingerprint density at radius 1 is 0.900 bits per heavy atom. The van der Waals surface area contributed by atoms with E-state index in [9.17, 15) is 25.9 Å². The van der Waals surface area contributed by atoms with Gasteiger partial charge >= 0.3 is 0 Å². The fraction of sp³-hybridized carbons (Fsp3) is 0. The molecule has 0 fully saturated rings. The number of nitrogens with one attached hydrogen (secondary N) is 1. The average molecular weight is 193 g/mol. The molecule has 0 aliphatic rings. The highest BCUT2D eigenvalue weighted by Crippen LogP contribution is 1.77. The highest BCUT2D eigenvalue weighted by atomic mass is 32.3. The van der Waals surface area contributed by atoms with Gasteiger partial charge in [0.25, 0.3) is 0 Å². The Hall–Kier alpha value is -0.260. The molecule has 10 heavy (non-hydrogen) atoms. The van der Waals surface area contributed by atoms with Crippen molar-refractivity contribution < 1.29 is 25.9 Å². The zero-order valence-electron chi connectivity index (χ0n) is 4.77. The predicted molar refractivity (Wildman–Crippen MR) is 28.5 cm³/mol. The molecule has 0 aliphatic heterocycles. The van der Waals surface area contributed by atoms with Crippen molar-refractivity contribution in [2.24, 2.45) is 0 Å². The molecule has 64 valence electrons. The van der Waals surface area contributed by atoms with Gasteiger partial charge in [0.1, 0.15) is 0 Å². The summed E-state index contributed by atoms with van der Waals surface area (Å²) in [5.41, 5.74) is 0. The molecule has 0 amide bonds. The van der Waals surface area contributed by atoms with Crippen LogP contribution < -0.4 is 10.3 Å². The van der Waals surface area contributed by atoms with Crippen molar-refractivity contribution in [3.63, 3.8) is 0 Å². The molecular weight excluding hydrogens is 188 g/mol. The van der Waals surface area contributed by atoms with Crippen LogP contribution in [0.2, 0.25) is 0 Å². The summed E-state index contributed by atoms with van der Waals surface area (Å²) in [4.78, 5) is 0. The lowest BCUT2D eigenvalue weighted by atomic mass is 13.9. The van der Waals surface area contributed by atoms with Crippen molar-refractivity contribution in [1.82, 2.24) is 10.3 Å². The summed E-state index contributed by atoms with van der Waals surface area (Å²) in [6, 6.07) is 0. The number of hydrogen-bond acceptors (Lipinski definition) is 6. The first kappa shape index (κ1) is 12.4. The minimum Gasteiger partial charge on any atom is -0.735 e. The first-order valence-electron chi connectivity index (χ1n) is 1.41. The molecule has 0 rings (SSSR count). The molecule has 0 aromatic heterocycles. The van der Waals surface area contributed by atoms with Crippen LogP contribution in [-0.2, 0) is 20.6 Å². The molecule has 10 heteroatoms. The van der Waals surface area contributed by atoms with E-state index in [0.29, 0.717) is 4.13 Å². The van der Waals surface area contributed by atoms with Gasteiger partial charge in [0, 0.05) is 0 Å². The van der Waals surface area contributed by atoms with Gasteiger partial charge in [-0.05, 0) is 0 Å². The lowest BCUT2D eigenvalue weighted by Gasteiger charge is -2.10. The van der Waals surface area contributed by atoms with Crippen molar-refractivity contribution in [1.29, 1.82) is 0 Å². The Bertz CT molecular complexity index is 239. The van der Waals surface area contributed by atoms with Crippen LogP contribution in [-0.4, -0.2) is 25.9 Å². The van der Waals surface area contributed by atoms with Crippen molar-refractivity contribution in [2.45, 2.75) is 0 Å². The molecular formula is H5N2O6S2-. The molecule has 0 radical (unpaired) electrons. The van der Waals surface area contributed by atoms with Crippen LogP contribution in [0, 0.1) is 0 Å². The number of quaternary nitrogens is 1. The normalized spacial score (nSPS) is 12.2. The van der Waals surface area contributed by atoms with E-state index in [1.54, 1.807) is 0 Å². The lowest BCUT2D eigenvalue weighted by Crippen LogP contribution is -2.29. The predicted octanol–water partition coefficient (Wildman–Crippen LogP) is -2.13. The van der Waals surface area contributed by atoms with Crippen LogP contribution in [0.1, 0.15) is 0 Å². The van der Waals surface area contributed by atoms with Gasteiger partial charge in [0.05, 0.1) is 0 Å². The Labute approximate surface area is 57.6 Å².